The Morgan fingerprint density at radius 1 is 1.23 bits per heavy atom. The van der Waals surface area contributed by atoms with Gasteiger partial charge < -0.3 is 14.4 Å². The lowest BCUT2D eigenvalue weighted by atomic mass is 10.1. The molecule has 0 aliphatic carbocycles. The van der Waals surface area contributed by atoms with Crippen LogP contribution in [-0.2, 0) is 0 Å². The summed E-state index contributed by atoms with van der Waals surface area (Å²) in [4.78, 5) is 30.1. The number of nitro benzene ring substituents is 1. The summed E-state index contributed by atoms with van der Waals surface area (Å²) in [5.74, 6) is 0.975. The summed E-state index contributed by atoms with van der Waals surface area (Å²) >= 11 is 3.31. The van der Waals surface area contributed by atoms with Gasteiger partial charge in [-0.05, 0) is 40.5 Å². The topological polar surface area (TPSA) is 94.8 Å². The van der Waals surface area contributed by atoms with Crippen LogP contribution in [-0.4, -0.2) is 29.2 Å². The summed E-state index contributed by atoms with van der Waals surface area (Å²) in [6, 6.07) is 9.56. The first kappa shape index (κ1) is 20.1. The molecule has 3 aromatic rings. The number of non-ortho nitro benzene ring substituents is 1. The summed E-state index contributed by atoms with van der Waals surface area (Å²) in [5.41, 5.74) is 1.65. The number of nitrogens with zero attached hydrogens (tertiary/aromatic N) is 3. The predicted molar refractivity (Wildman–Crippen MR) is 115 cm³/mol. The summed E-state index contributed by atoms with van der Waals surface area (Å²) in [5, 5.41) is 11.8. The van der Waals surface area contributed by atoms with Gasteiger partial charge in [0.1, 0.15) is 0 Å². The average molecular weight is 472 g/mol. The second-order valence-corrected chi connectivity index (χ2v) is 7.64. The van der Waals surface area contributed by atoms with Gasteiger partial charge in [-0.2, -0.15) is 0 Å². The molecule has 2 heterocycles. The van der Waals surface area contributed by atoms with E-state index in [1.165, 1.54) is 18.2 Å². The molecule has 4 rings (SSSR count). The molecule has 2 aromatic carbocycles. The third-order valence-corrected chi connectivity index (χ3v) is 5.53. The monoisotopic (exact) mass is 471 g/mol. The number of amides is 1. The number of nitro groups is 1. The van der Waals surface area contributed by atoms with Crippen molar-refractivity contribution in [3.05, 3.63) is 62.7 Å². The second-order valence-electron chi connectivity index (χ2n) is 6.78. The highest BCUT2D eigenvalue weighted by molar-refractivity contribution is 9.10. The zero-order valence-corrected chi connectivity index (χ0v) is 17.7. The standard InChI is InChI=1S/C21H18BrN3O5/c1-2-3-8-24(21(26)14-5-4-13(25(27)28)9-16(14)22)18-6-7-23-17-11-20-19(10-15(17)18)29-12-30-20/h4-7,9-11H,2-3,8,12H2,1H3. The van der Waals surface area contributed by atoms with Gasteiger partial charge in [-0.25, -0.2) is 0 Å². The van der Waals surface area contributed by atoms with E-state index in [-0.39, 0.29) is 18.4 Å². The molecule has 0 N–H and O–H groups in total. The number of pyridine rings is 1. The third-order valence-electron chi connectivity index (χ3n) is 4.88. The number of hydrogen-bond acceptors (Lipinski definition) is 6. The van der Waals surface area contributed by atoms with Gasteiger partial charge in [-0.3, -0.25) is 19.9 Å². The van der Waals surface area contributed by atoms with Gasteiger partial charge in [-0.15, -0.1) is 0 Å². The Kier molecular flexibility index (Phi) is 5.54. The maximum Gasteiger partial charge on any atom is 0.270 e. The molecule has 1 aromatic heterocycles. The molecule has 8 nitrogen and oxygen atoms in total. The molecule has 0 saturated carbocycles. The summed E-state index contributed by atoms with van der Waals surface area (Å²) in [6.45, 7) is 2.69. The van der Waals surface area contributed by atoms with E-state index in [1.807, 2.05) is 13.0 Å². The minimum atomic E-state index is -0.493. The number of rotatable bonds is 6. The van der Waals surface area contributed by atoms with Crippen molar-refractivity contribution < 1.29 is 19.2 Å². The number of aromatic nitrogens is 1. The molecule has 0 fully saturated rings. The van der Waals surface area contributed by atoms with Crippen LogP contribution >= 0.6 is 15.9 Å². The second kappa shape index (κ2) is 8.27. The average Bonchev–Trinajstić information content (AvgIpc) is 3.19. The van der Waals surface area contributed by atoms with Gasteiger partial charge in [0.05, 0.1) is 21.7 Å². The number of hydrogen-bond donors (Lipinski definition) is 0. The molecule has 0 bridgehead atoms. The Bertz CT molecular complexity index is 1150. The largest absolute Gasteiger partial charge is 0.454 e. The van der Waals surface area contributed by atoms with E-state index in [0.29, 0.717) is 39.3 Å². The van der Waals surface area contributed by atoms with Crippen LogP contribution in [0.4, 0.5) is 11.4 Å². The van der Waals surface area contributed by atoms with Crippen molar-refractivity contribution in [1.29, 1.82) is 0 Å². The van der Waals surface area contributed by atoms with Crippen molar-refractivity contribution >= 4 is 44.1 Å². The Hall–Kier alpha value is -3.20. The van der Waals surface area contributed by atoms with Crippen LogP contribution < -0.4 is 14.4 Å². The zero-order chi connectivity index (χ0) is 21.3. The predicted octanol–water partition coefficient (Wildman–Crippen LogP) is 5.08. The van der Waals surface area contributed by atoms with Crippen molar-refractivity contribution in [3.63, 3.8) is 0 Å². The van der Waals surface area contributed by atoms with Gasteiger partial charge >= 0.3 is 0 Å². The molecule has 9 heteroatoms. The first-order valence-corrected chi connectivity index (χ1v) is 10.2. The SMILES string of the molecule is CCCCN(C(=O)c1ccc([N+](=O)[O-])cc1Br)c1ccnc2cc3c(cc12)OCO3. The van der Waals surface area contributed by atoms with E-state index in [2.05, 4.69) is 20.9 Å². The van der Waals surface area contributed by atoms with Crippen molar-refractivity contribution in [1.82, 2.24) is 4.98 Å². The molecule has 0 spiro atoms. The van der Waals surface area contributed by atoms with Crippen LogP contribution in [0.3, 0.4) is 0 Å². The molecule has 0 radical (unpaired) electrons. The number of carbonyl (C=O) groups is 1. The minimum Gasteiger partial charge on any atom is -0.454 e. The molecular formula is C21H18BrN3O5. The van der Waals surface area contributed by atoms with Crippen LogP contribution in [0.2, 0.25) is 0 Å². The highest BCUT2D eigenvalue weighted by atomic mass is 79.9. The zero-order valence-electron chi connectivity index (χ0n) is 16.1. The lowest BCUT2D eigenvalue weighted by Gasteiger charge is -2.24. The lowest BCUT2D eigenvalue weighted by molar-refractivity contribution is -0.384. The van der Waals surface area contributed by atoms with E-state index in [9.17, 15) is 14.9 Å². The number of halogens is 1. The van der Waals surface area contributed by atoms with Crippen LogP contribution in [0.1, 0.15) is 30.1 Å². The van der Waals surface area contributed by atoms with Crippen molar-refractivity contribution in [2.45, 2.75) is 19.8 Å². The Morgan fingerprint density at radius 3 is 2.70 bits per heavy atom. The number of benzene rings is 2. The van der Waals surface area contributed by atoms with E-state index in [1.54, 1.807) is 23.2 Å². The molecule has 1 aliphatic heterocycles. The molecular weight excluding hydrogens is 454 g/mol. The van der Waals surface area contributed by atoms with Crippen LogP contribution in [0.25, 0.3) is 10.9 Å². The highest BCUT2D eigenvalue weighted by Gasteiger charge is 2.24. The number of unbranched alkanes of at least 4 members (excludes halogenated alkanes) is 1. The Balaban J connectivity index is 1.80. The van der Waals surface area contributed by atoms with Crippen molar-refractivity contribution in [3.8, 4) is 11.5 Å². The molecule has 0 saturated heterocycles. The van der Waals surface area contributed by atoms with Gasteiger partial charge in [0, 0.05) is 40.8 Å². The first-order valence-electron chi connectivity index (χ1n) is 9.43. The summed E-state index contributed by atoms with van der Waals surface area (Å²) in [6.07, 6.45) is 3.35. The van der Waals surface area contributed by atoms with Gasteiger partial charge in [0.25, 0.3) is 11.6 Å². The summed E-state index contributed by atoms with van der Waals surface area (Å²) in [7, 11) is 0. The number of carbonyl (C=O) groups excluding carboxylic acids is 1. The smallest absolute Gasteiger partial charge is 0.270 e. The van der Waals surface area contributed by atoms with Crippen LogP contribution in [0.5, 0.6) is 11.5 Å². The molecule has 154 valence electrons. The molecule has 1 amide bonds. The van der Waals surface area contributed by atoms with E-state index >= 15 is 0 Å². The minimum absolute atomic E-state index is 0.0828. The quantitative estimate of drug-likeness (QED) is 0.367. The fourth-order valence-corrected chi connectivity index (χ4v) is 3.88. The van der Waals surface area contributed by atoms with Crippen molar-refractivity contribution in [2.75, 3.05) is 18.2 Å². The van der Waals surface area contributed by atoms with Crippen LogP contribution in [0, 0.1) is 10.1 Å². The van der Waals surface area contributed by atoms with Gasteiger partial charge in [-0.1, -0.05) is 13.3 Å². The van der Waals surface area contributed by atoms with Crippen LogP contribution in [0.15, 0.2) is 47.1 Å². The van der Waals surface area contributed by atoms with Crippen molar-refractivity contribution in [2.24, 2.45) is 0 Å². The number of anilines is 1. The maximum absolute atomic E-state index is 13.5. The fourth-order valence-electron chi connectivity index (χ4n) is 3.34. The molecule has 0 atom stereocenters. The number of ether oxygens (including phenoxy) is 2. The Labute approximate surface area is 180 Å². The van der Waals surface area contributed by atoms with E-state index < -0.39 is 4.92 Å². The van der Waals surface area contributed by atoms with E-state index in [0.717, 1.165) is 18.2 Å². The normalized spacial score (nSPS) is 12.2. The third kappa shape index (κ3) is 3.68. The first-order chi connectivity index (χ1) is 14.5. The van der Waals surface area contributed by atoms with Gasteiger partial charge in [0.2, 0.25) is 6.79 Å². The molecule has 30 heavy (non-hydrogen) atoms. The summed E-state index contributed by atoms with van der Waals surface area (Å²) < 4.78 is 11.3. The molecule has 0 unspecified atom stereocenters. The van der Waals surface area contributed by atoms with E-state index in [4.69, 9.17) is 9.47 Å². The molecule has 1 aliphatic rings. The maximum atomic E-state index is 13.5. The highest BCUT2D eigenvalue weighted by Crippen LogP contribution is 2.39. The van der Waals surface area contributed by atoms with Gasteiger partial charge in [0.15, 0.2) is 11.5 Å². The Morgan fingerprint density at radius 2 is 2.00 bits per heavy atom. The number of fused-ring (bicyclic) bond motifs is 2. The fraction of sp³-hybridized carbons (Fsp3) is 0.238. The lowest BCUT2D eigenvalue weighted by Crippen LogP contribution is -2.32.